The van der Waals surface area contributed by atoms with Crippen molar-refractivity contribution in [3.63, 3.8) is 0 Å². The number of oxazole rings is 1. The Morgan fingerprint density at radius 1 is 1.10 bits per heavy atom. The van der Waals surface area contributed by atoms with Gasteiger partial charge in [-0.25, -0.2) is 18.1 Å². The minimum absolute atomic E-state index is 0.0199. The molecule has 0 aliphatic carbocycles. The van der Waals surface area contributed by atoms with Crippen LogP contribution in [0.4, 0.5) is 5.69 Å². The van der Waals surface area contributed by atoms with Crippen molar-refractivity contribution in [2.75, 3.05) is 11.9 Å². The van der Waals surface area contributed by atoms with E-state index in [1.165, 1.54) is 31.2 Å². The highest BCUT2D eigenvalue weighted by atomic mass is 32.2. The van der Waals surface area contributed by atoms with E-state index in [2.05, 4.69) is 15.0 Å². The summed E-state index contributed by atoms with van der Waals surface area (Å²) < 4.78 is 37.3. The van der Waals surface area contributed by atoms with Gasteiger partial charge in [-0.3, -0.25) is 9.59 Å². The number of anilines is 1. The molecule has 0 saturated carbocycles. The lowest BCUT2D eigenvalue weighted by Crippen LogP contribution is -2.26. The van der Waals surface area contributed by atoms with Gasteiger partial charge in [0, 0.05) is 19.2 Å². The molecule has 9 nitrogen and oxygen atoms in total. The number of sulfonamides is 1. The third-order valence-electron chi connectivity index (χ3n) is 3.80. The molecule has 0 atom stereocenters. The predicted octanol–water partition coefficient (Wildman–Crippen LogP) is 2.20. The summed E-state index contributed by atoms with van der Waals surface area (Å²) in [6, 6.07) is 12.8. The number of rotatable bonds is 8. The summed E-state index contributed by atoms with van der Waals surface area (Å²) >= 11 is 0. The molecule has 0 radical (unpaired) electrons. The maximum Gasteiger partial charge on any atom is 0.307 e. The molecule has 3 rings (SSSR count). The second-order valence-corrected chi connectivity index (χ2v) is 7.86. The van der Waals surface area contributed by atoms with Crippen LogP contribution in [0.1, 0.15) is 19.2 Å². The smallest absolute Gasteiger partial charge is 0.307 e. The number of nitrogens with one attached hydrogen (secondary N) is 2. The number of nitrogens with zero attached hydrogens (tertiary/aromatic N) is 1. The zero-order valence-corrected chi connectivity index (χ0v) is 16.4. The molecule has 3 aromatic rings. The number of aromatic nitrogens is 1. The third-order valence-corrected chi connectivity index (χ3v) is 5.28. The normalized spacial score (nSPS) is 11.3. The summed E-state index contributed by atoms with van der Waals surface area (Å²) in [6.45, 7) is 1.10. The van der Waals surface area contributed by atoms with Gasteiger partial charge in [0.15, 0.2) is 12.2 Å². The van der Waals surface area contributed by atoms with Crippen LogP contribution in [0, 0.1) is 0 Å². The van der Waals surface area contributed by atoms with E-state index in [9.17, 15) is 18.0 Å². The number of para-hydroxylation sites is 2. The van der Waals surface area contributed by atoms with Crippen LogP contribution < -0.4 is 10.0 Å². The van der Waals surface area contributed by atoms with E-state index < -0.39 is 16.0 Å². The van der Waals surface area contributed by atoms with Crippen molar-refractivity contribution < 1.29 is 27.2 Å². The summed E-state index contributed by atoms with van der Waals surface area (Å²) in [5.41, 5.74) is 1.74. The molecular weight excluding hydrogens is 398 g/mol. The van der Waals surface area contributed by atoms with Crippen LogP contribution in [-0.2, 0) is 31.0 Å². The molecule has 0 aliphatic heterocycles. The maximum absolute atomic E-state index is 12.3. The van der Waals surface area contributed by atoms with Crippen LogP contribution in [0.2, 0.25) is 0 Å². The van der Waals surface area contributed by atoms with Crippen molar-refractivity contribution in [2.24, 2.45) is 0 Å². The summed E-state index contributed by atoms with van der Waals surface area (Å²) in [5.74, 6) is -0.578. The van der Waals surface area contributed by atoms with E-state index >= 15 is 0 Å². The van der Waals surface area contributed by atoms with Crippen molar-refractivity contribution in [1.29, 1.82) is 0 Å². The van der Waals surface area contributed by atoms with Crippen molar-refractivity contribution in [1.82, 2.24) is 9.71 Å². The van der Waals surface area contributed by atoms with Gasteiger partial charge in [-0.1, -0.05) is 12.1 Å². The number of hydrogen-bond acceptors (Lipinski definition) is 7. The van der Waals surface area contributed by atoms with Crippen molar-refractivity contribution in [3.05, 3.63) is 54.4 Å². The van der Waals surface area contributed by atoms with Gasteiger partial charge in [0.2, 0.25) is 21.8 Å². The SMILES string of the molecule is CC(=O)Nc1ccc(S(=O)(=O)NCCC(=O)OCc2nc3ccccc3o2)cc1. The van der Waals surface area contributed by atoms with Gasteiger partial charge in [-0.15, -0.1) is 0 Å². The molecule has 0 bridgehead atoms. The Kier molecular flexibility index (Phi) is 6.25. The van der Waals surface area contributed by atoms with Crippen LogP contribution >= 0.6 is 0 Å². The first kappa shape index (κ1) is 20.5. The van der Waals surface area contributed by atoms with Gasteiger partial charge in [0.1, 0.15) is 5.52 Å². The van der Waals surface area contributed by atoms with Crippen molar-refractivity contribution in [2.45, 2.75) is 24.8 Å². The Balaban J connectivity index is 1.46. The lowest BCUT2D eigenvalue weighted by atomic mass is 10.3. The van der Waals surface area contributed by atoms with E-state index in [4.69, 9.17) is 9.15 Å². The highest BCUT2D eigenvalue weighted by Crippen LogP contribution is 2.16. The van der Waals surface area contributed by atoms with Gasteiger partial charge in [0.25, 0.3) is 0 Å². The lowest BCUT2D eigenvalue weighted by Gasteiger charge is -2.08. The van der Waals surface area contributed by atoms with Crippen LogP contribution in [-0.4, -0.2) is 31.8 Å². The van der Waals surface area contributed by atoms with Crippen LogP contribution in [0.25, 0.3) is 11.1 Å². The van der Waals surface area contributed by atoms with Crippen molar-refractivity contribution >= 4 is 38.7 Å². The Hall–Kier alpha value is -3.24. The van der Waals surface area contributed by atoms with E-state index in [0.29, 0.717) is 16.8 Å². The Labute approximate surface area is 167 Å². The first-order valence-corrected chi connectivity index (χ1v) is 10.2. The van der Waals surface area contributed by atoms with E-state index in [1.54, 1.807) is 12.1 Å². The fourth-order valence-electron chi connectivity index (χ4n) is 2.49. The summed E-state index contributed by atoms with van der Waals surface area (Å²) in [7, 11) is -3.79. The molecular formula is C19H19N3O6S. The number of hydrogen-bond donors (Lipinski definition) is 2. The largest absolute Gasteiger partial charge is 0.456 e. The molecule has 0 unspecified atom stereocenters. The number of esters is 1. The summed E-state index contributed by atoms with van der Waals surface area (Å²) in [4.78, 5) is 27.0. The number of amides is 1. The van der Waals surface area contributed by atoms with E-state index in [1.807, 2.05) is 12.1 Å². The Morgan fingerprint density at radius 2 is 1.83 bits per heavy atom. The van der Waals surface area contributed by atoms with Gasteiger partial charge in [-0.05, 0) is 36.4 Å². The number of benzene rings is 2. The topological polar surface area (TPSA) is 128 Å². The predicted molar refractivity (Wildman–Crippen MR) is 104 cm³/mol. The molecule has 0 spiro atoms. The molecule has 152 valence electrons. The van der Waals surface area contributed by atoms with Crippen LogP contribution in [0.15, 0.2) is 57.8 Å². The fourth-order valence-corrected chi connectivity index (χ4v) is 3.52. The molecule has 29 heavy (non-hydrogen) atoms. The first-order valence-electron chi connectivity index (χ1n) is 8.71. The third kappa shape index (κ3) is 5.62. The first-order chi connectivity index (χ1) is 13.8. The molecule has 0 aliphatic rings. The number of ether oxygens (including phenoxy) is 1. The van der Waals surface area contributed by atoms with Gasteiger partial charge >= 0.3 is 5.97 Å². The number of carbonyl (C=O) groups is 2. The van der Waals surface area contributed by atoms with Crippen LogP contribution in [0.5, 0.6) is 0 Å². The van der Waals surface area contributed by atoms with E-state index in [0.717, 1.165) is 0 Å². The lowest BCUT2D eigenvalue weighted by molar-refractivity contribution is -0.145. The minimum Gasteiger partial charge on any atom is -0.456 e. The fraction of sp³-hybridized carbons (Fsp3) is 0.211. The monoisotopic (exact) mass is 417 g/mol. The standard InChI is InChI=1S/C19H19N3O6S/c1-13(23)21-14-6-8-15(9-7-14)29(25,26)20-11-10-19(24)27-12-18-22-16-4-2-3-5-17(16)28-18/h2-9,20H,10-12H2,1H3,(H,21,23). The quantitative estimate of drug-likeness (QED) is 0.538. The Bertz CT molecular complexity index is 1090. The van der Waals surface area contributed by atoms with Crippen LogP contribution in [0.3, 0.4) is 0 Å². The molecule has 2 N–H and O–H groups in total. The summed E-state index contributed by atoms with van der Waals surface area (Å²) in [6.07, 6.45) is -0.149. The second-order valence-electron chi connectivity index (χ2n) is 6.09. The Morgan fingerprint density at radius 3 is 2.52 bits per heavy atom. The minimum atomic E-state index is -3.79. The van der Waals surface area contributed by atoms with Gasteiger partial charge in [-0.2, -0.15) is 0 Å². The summed E-state index contributed by atoms with van der Waals surface area (Å²) in [5, 5.41) is 2.55. The second kappa shape index (κ2) is 8.84. The highest BCUT2D eigenvalue weighted by Gasteiger charge is 2.15. The molecule has 2 aromatic carbocycles. The van der Waals surface area contributed by atoms with E-state index in [-0.39, 0.29) is 36.3 Å². The number of fused-ring (bicyclic) bond motifs is 1. The molecule has 10 heteroatoms. The zero-order valence-electron chi connectivity index (χ0n) is 15.5. The molecule has 1 amide bonds. The molecule has 1 heterocycles. The maximum atomic E-state index is 12.3. The van der Waals surface area contributed by atoms with Gasteiger partial charge in [0.05, 0.1) is 11.3 Å². The average molecular weight is 417 g/mol. The van der Waals surface area contributed by atoms with Gasteiger partial charge < -0.3 is 14.5 Å². The number of carbonyl (C=O) groups excluding carboxylic acids is 2. The van der Waals surface area contributed by atoms with Crippen molar-refractivity contribution in [3.8, 4) is 0 Å². The highest BCUT2D eigenvalue weighted by molar-refractivity contribution is 7.89. The zero-order chi connectivity index (χ0) is 20.9. The molecule has 0 fully saturated rings. The average Bonchev–Trinajstić information content (AvgIpc) is 3.09. The molecule has 0 saturated heterocycles. The molecule has 1 aromatic heterocycles.